The molecule has 1 aliphatic rings. The average Bonchev–Trinajstić information content (AvgIpc) is 2.50. The van der Waals surface area contributed by atoms with E-state index in [1.807, 2.05) is 0 Å². The molecule has 0 aliphatic heterocycles. The fourth-order valence-corrected chi connectivity index (χ4v) is 2.18. The number of hydrogen-bond acceptors (Lipinski definition) is 2. The molecule has 0 radical (unpaired) electrons. The molecule has 2 nitrogen and oxygen atoms in total. The van der Waals surface area contributed by atoms with Gasteiger partial charge in [0.15, 0.2) is 0 Å². The molecule has 0 amide bonds. The van der Waals surface area contributed by atoms with E-state index in [1.165, 1.54) is 25.7 Å². The van der Waals surface area contributed by atoms with Crippen molar-refractivity contribution in [2.45, 2.75) is 51.6 Å². The van der Waals surface area contributed by atoms with Crippen molar-refractivity contribution in [1.29, 1.82) is 0 Å². The zero-order chi connectivity index (χ0) is 9.68. The van der Waals surface area contributed by atoms with E-state index in [4.69, 9.17) is 4.74 Å². The summed E-state index contributed by atoms with van der Waals surface area (Å²) in [7, 11) is 1.78. The van der Waals surface area contributed by atoms with Gasteiger partial charge in [-0.2, -0.15) is 0 Å². The SMILES string of the molecule is CC[C@H](COC)N[C@@H]1CC[C@@H](C)C1. The Balaban J connectivity index is 2.21. The third-order valence-corrected chi connectivity index (χ3v) is 3.03. The third-order valence-electron chi connectivity index (χ3n) is 3.03. The van der Waals surface area contributed by atoms with Crippen LogP contribution in [0.25, 0.3) is 0 Å². The molecule has 1 aliphatic carbocycles. The normalized spacial score (nSPS) is 30.7. The lowest BCUT2D eigenvalue weighted by Gasteiger charge is -2.21. The lowest BCUT2D eigenvalue weighted by molar-refractivity contribution is 0.158. The van der Waals surface area contributed by atoms with Gasteiger partial charge in [0.1, 0.15) is 0 Å². The average molecular weight is 185 g/mol. The Kier molecular flexibility index (Phi) is 4.74. The number of rotatable bonds is 5. The van der Waals surface area contributed by atoms with Crippen LogP contribution in [0, 0.1) is 5.92 Å². The summed E-state index contributed by atoms with van der Waals surface area (Å²) in [5.41, 5.74) is 0. The Hall–Kier alpha value is -0.0800. The fourth-order valence-electron chi connectivity index (χ4n) is 2.18. The van der Waals surface area contributed by atoms with Crippen LogP contribution >= 0.6 is 0 Å². The van der Waals surface area contributed by atoms with Gasteiger partial charge in [0.05, 0.1) is 6.61 Å². The second-order valence-corrected chi connectivity index (χ2v) is 4.34. The molecule has 1 N–H and O–H groups in total. The molecule has 1 rings (SSSR count). The van der Waals surface area contributed by atoms with Crippen molar-refractivity contribution in [3.63, 3.8) is 0 Å². The predicted octanol–water partition coefficient (Wildman–Crippen LogP) is 2.19. The maximum Gasteiger partial charge on any atom is 0.0615 e. The first-order valence-electron chi connectivity index (χ1n) is 5.51. The van der Waals surface area contributed by atoms with Gasteiger partial charge in [-0.25, -0.2) is 0 Å². The maximum atomic E-state index is 5.17. The molecule has 0 saturated heterocycles. The van der Waals surface area contributed by atoms with Crippen LogP contribution in [0.2, 0.25) is 0 Å². The molecule has 0 heterocycles. The van der Waals surface area contributed by atoms with Crippen molar-refractivity contribution < 1.29 is 4.74 Å². The second kappa shape index (κ2) is 5.61. The van der Waals surface area contributed by atoms with E-state index in [0.717, 1.165) is 18.6 Å². The number of nitrogens with one attached hydrogen (secondary N) is 1. The van der Waals surface area contributed by atoms with Gasteiger partial charge in [0.2, 0.25) is 0 Å². The van der Waals surface area contributed by atoms with E-state index in [9.17, 15) is 0 Å². The minimum absolute atomic E-state index is 0.556. The minimum atomic E-state index is 0.556. The van der Waals surface area contributed by atoms with Gasteiger partial charge >= 0.3 is 0 Å². The topological polar surface area (TPSA) is 21.3 Å². The van der Waals surface area contributed by atoms with Crippen molar-refractivity contribution in [1.82, 2.24) is 5.32 Å². The van der Waals surface area contributed by atoms with E-state index < -0.39 is 0 Å². The molecule has 3 atom stereocenters. The molecule has 1 saturated carbocycles. The zero-order valence-electron chi connectivity index (χ0n) is 9.18. The van der Waals surface area contributed by atoms with Crippen molar-refractivity contribution >= 4 is 0 Å². The van der Waals surface area contributed by atoms with Crippen LogP contribution in [0.1, 0.15) is 39.5 Å². The smallest absolute Gasteiger partial charge is 0.0615 e. The number of hydrogen-bond donors (Lipinski definition) is 1. The fraction of sp³-hybridized carbons (Fsp3) is 1.00. The Morgan fingerprint density at radius 1 is 1.46 bits per heavy atom. The Labute approximate surface area is 82.0 Å². The van der Waals surface area contributed by atoms with Crippen molar-refractivity contribution in [3.8, 4) is 0 Å². The minimum Gasteiger partial charge on any atom is -0.383 e. The van der Waals surface area contributed by atoms with E-state index in [-0.39, 0.29) is 0 Å². The van der Waals surface area contributed by atoms with Crippen LogP contribution in [0.15, 0.2) is 0 Å². The first-order valence-corrected chi connectivity index (χ1v) is 5.51. The van der Waals surface area contributed by atoms with E-state index in [0.29, 0.717) is 6.04 Å². The van der Waals surface area contributed by atoms with Crippen LogP contribution in [-0.2, 0) is 4.74 Å². The lowest BCUT2D eigenvalue weighted by atomic mass is 10.1. The largest absolute Gasteiger partial charge is 0.383 e. The summed E-state index contributed by atoms with van der Waals surface area (Å²) in [5, 5.41) is 3.67. The zero-order valence-corrected chi connectivity index (χ0v) is 9.18. The third kappa shape index (κ3) is 3.65. The molecule has 0 aromatic rings. The van der Waals surface area contributed by atoms with Crippen LogP contribution in [0.5, 0.6) is 0 Å². The predicted molar refractivity (Wildman–Crippen MR) is 55.9 cm³/mol. The highest BCUT2D eigenvalue weighted by Crippen LogP contribution is 2.25. The maximum absolute atomic E-state index is 5.17. The van der Waals surface area contributed by atoms with Gasteiger partial charge < -0.3 is 10.1 Å². The summed E-state index contributed by atoms with van der Waals surface area (Å²) in [6, 6.07) is 1.30. The molecule has 2 heteroatoms. The van der Waals surface area contributed by atoms with Crippen molar-refractivity contribution in [2.75, 3.05) is 13.7 Å². The van der Waals surface area contributed by atoms with Crippen LogP contribution < -0.4 is 5.32 Å². The Morgan fingerprint density at radius 2 is 2.23 bits per heavy atom. The molecular formula is C11H23NO. The van der Waals surface area contributed by atoms with E-state index in [1.54, 1.807) is 7.11 Å². The van der Waals surface area contributed by atoms with Crippen molar-refractivity contribution in [3.05, 3.63) is 0 Å². The molecule has 0 aromatic heterocycles. The van der Waals surface area contributed by atoms with Crippen LogP contribution in [0.4, 0.5) is 0 Å². The lowest BCUT2D eigenvalue weighted by Crippen LogP contribution is -2.39. The molecule has 0 aromatic carbocycles. The van der Waals surface area contributed by atoms with Crippen LogP contribution in [0.3, 0.4) is 0 Å². The summed E-state index contributed by atoms with van der Waals surface area (Å²) < 4.78 is 5.17. The second-order valence-electron chi connectivity index (χ2n) is 4.34. The van der Waals surface area contributed by atoms with Crippen molar-refractivity contribution in [2.24, 2.45) is 5.92 Å². The molecule has 0 bridgehead atoms. The van der Waals surface area contributed by atoms with Gasteiger partial charge in [0.25, 0.3) is 0 Å². The molecule has 0 unspecified atom stereocenters. The van der Waals surface area contributed by atoms with Gasteiger partial charge in [-0.1, -0.05) is 13.8 Å². The summed E-state index contributed by atoms with van der Waals surface area (Å²) in [6.45, 7) is 5.41. The molecule has 78 valence electrons. The van der Waals surface area contributed by atoms with Crippen LogP contribution in [-0.4, -0.2) is 25.8 Å². The highest BCUT2D eigenvalue weighted by molar-refractivity contribution is 4.81. The molecule has 13 heavy (non-hydrogen) atoms. The van der Waals surface area contributed by atoms with Gasteiger partial charge in [-0.15, -0.1) is 0 Å². The standard InChI is InChI=1S/C11H23NO/c1-4-10(8-13-3)12-11-6-5-9(2)7-11/h9-12H,4-8H2,1-3H3/t9-,10-,11-/m1/s1. The molecule has 0 spiro atoms. The quantitative estimate of drug-likeness (QED) is 0.709. The molecule has 1 fully saturated rings. The number of ether oxygens (including phenoxy) is 1. The van der Waals surface area contributed by atoms with E-state index in [2.05, 4.69) is 19.2 Å². The monoisotopic (exact) mass is 185 g/mol. The van der Waals surface area contributed by atoms with Gasteiger partial charge in [-0.05, 0) is 31.6 Å². The summed E-state index contributed by atoms with van der Waals surface area (Å²) in [5.74, 6) is 0.914. The summed E-state index contributed by atoms with van der Waals surface area (Å²) >= 11 is 0. The van der Waals surface area contributed by atoms with E-state index >= 15 is 0 Å². The Bertz CT molecular complexity index is 136. The summed E-state index contributed by atoms with van der Waals surface area (Å²) in [6.07, 6.45) is 5.25. The number of methoxy groups -OCH3 is 1. The summed E-state index contributed by atoms with van der Waals surface area (Å²) in [4.78, 5) is 0. The highest BCUT2D eigenvalue weighted by atomic mass is 16.5. The first-order chi connectivity index (χ1) is 6.26. The van der Waals surface area contributed by atoms with Gasteiger partial charge in [-0.3, -0.25) is 0 Å². The first kappa shape index (κ1) is 11.0. The highest BCUT2D eigenvalue weighted by Gasteiger charge is 2.22. The Morgan fingerprint density at radius 3 is 2.69 bits per heavy atom. The van der Waals surface area contributed by atoms with Gasteiger partial charge in [0, 0.05) is 19.2 Å². The molecular weight excluding hydrogens is 162 g/mol.